The second-order valence-corrected chi connectivity index (χ2v) is 7.53. The van der Waals surface area contributed by atoms with E-state index < -0.39 is 0 Å². The summed E-state index contributed by atoms with van der Waals surface area (Å²) in [5.41, 5.74) is 2.23. The fourth-order valence-corrected chi connectivity index (χ4v) is 3.50. The molecule has 0 spiro atoms. The lowest BCUT2D eigenvalue weighted by atomic mass is 10.1. The van der Waals surface area contributed by atoms with Crippen LogP contribution < -0.4 is 15.0 Å². The van der Waals surface area contributed by atoms with Crippen molar-refractivity contribution < 1.29 is 9.47 Å². The summed E-state index contributed by atoms with van der Waals surface area (Å²) < 4.78 is 12.7. The van der Waals surface area contributed by atoms with Gasteiger partial charge >= 0.3 is 0 Å². The van der Waals surface area contributed by atoms with Gasteiger partial charge in [0, 0.05) is 42.5 Å². The Hall–Kier alpha value is -3.73. The second-order valence-electron chi connectivity index (χ2n) is 7.53. The maximum absolute atomic E-state index is 12.4. The third-order valence-corrected chi connectivity index (χ3v) is 5.38. The fourth-order valence-electron chi connectivity index (χ4n) is 3.50. The number of aromatic nitrogens is 4. The number of pyridine rings is 2. The van der Waals surface area contributed by atoms with Crippen molar-refractivity contribution in [2.45, 2.75) is 32.2 Å². The number of rotatable bonds is 8. The van der Waals surface area contributed by atoms with Gasteiger partial charge in [0.25, 0.3) is 5.56 Å². The summed E-state index contributed by atoms with van der Waals surface area (Å²) in [6.45, 7) is 2.69. The first-order valence-electron chi connectivity index (χ1n) is 10.1. The Morgan fingerprint density at radius 3 is 2.84 bits per heavy atom. The Bertz CT molecular complexity index is 1170. The van der Waals surface area contributed by atoms with E-state index in [9.17, 15) is 4.79 Å². The summed E-state index contributed by atoms with van der Waals surface area (Å²) in [6, 6.07) is 9.31. The molecule has 4 rings (SSSR count). The lowest BCUT2D eigenvalue weighted by Crippen LogP contribution is -2.18. The van der Waals surface area contributed by atoms with Crippen LogP contribution in [0, 0.1) is 24.2 Å². The molecule has 3 heterocycles. The molecule has 158 valence electrons. The molecule has 1 aliphatic rings. The van der Waals surface area contributed by atoms with Crippen LogP contribution in [0.15, 0.2) is 47.7 Å². The highest BCUT2D eigenvalue weighted by molar-refractivity contribution is 5.67. The number of aryl methyl sites for hydroxylation is 2. The molecule has 8 heteroatoms. The van der Waals surface area contributed by atoms with Crippen LogP contribution in [0.2, 0.25) is 0 Å². The molecule has 0 aromatic carbocycles. The summed E-state index contributed by atoms with van der Waals surface area (Å²) in [7, 11) is 1.63. The predicted molar refractivity (Wildman–Crippen MR) is 114 cm³/mol. The van der Waals surface area contributed by atoms with Gasteiger partial charge in [0.05, 0.1) is 38.0 Å². The van der Waals surface area contributed by atoms with Crippen molar-refractivity contribution in [2.24, 2.45) is 5.92 Å². The molecule has 0 amide bonds. The van der Waals surface area contributed by atoms with E-state index in [1.165, 1.54) is 10.6 Å². The van der Waals surface area contributed by atoms with Crippen LogP contribution >= 0.6 is 0 Å². The molecule has 8 nitrogen and oxygen atoms in total. The van der Waals surface area contributed by atoms with Gasteiger partial charge in [0.15, 0.2) is 0 Å². The second kappa shape index (κ2) is 8.96. The Labute approximate surface area is 180 Å². The van der Waals surface area contributed by atoms with E-state index in [1.807, 2.05) is 24.3 Å². The number of ether oxygens (including phenoxy) is 2. The van der Waals surface area contributed by atoms with Gasteiger partial charge in [-0.3, -0.25) is 9.78 Å². The molecule has 0 saturated heterocycles. The highest BCUT2D eigenvalue weighted by Crippen LogP contribution is 2.47. The van der Waals surface area contributed by atoms with E-state index in [2.05, 4.69) is 15.0 Å². The summed E-state index contributed by atoms with van der Waals surface area (Å²) in [6.07, 6.45) is 6.39. The van der Waals surface area contributed by atoms with Crippen LogP contribution in [-0.2, 0) is 6.54 Å². The van der Waals surface area contributed by atoms with Gasteiger partial charge in [0.2, 0.25) is 5.88 Å². The number of nitrogens with zero attached hydrogens (tertiary/aromatic N) is 5. The highest BCUT2D eigenvalue weighted by Gasteiger charge is 2.40. The topological polar surface area (TPSA) is 103 Å². The van der Waals surface area contributed by atoms with E-state index in [-0.39, 0.29) is 12.0 Å². The van der Waals surface area contributed by atoms with E-state index >= 15 is 0 Å². The van der Waals surface area contributed by atoms with Crippen molar-refractivity contribution >= 4 is 0 Å². The van der Waals surface area contributed by atoms with E-state index in [0.717, 1.165) is 17.9 Å². The van der Waals surface area contributed by atoms with Gasteiger partial charge in [-0.1, -0.05) is 0 Å². The summed E-state index contributed by atoms with van der Waals surface area (Å²) >= 11 is 0. The smallest absolute Gasteiger partial charge is 0.251 e. The van der Waals surface area contributed by atoms with Gasteiger partial charge < -0.3 is 14.0 Å². The highest BCUT2D eigenvalue weighted by atomic mass is 16.5. The van der Waals surface area contributed by atoms with E-state index in [0.29, 0.717) is 47.8 Å². The van der Waals surface area contributed by atoms with Gasteiger partial charge in [0.1, 0.15) is 11.6 Å². The third-order valence-electron chi connectivity index (χ3n) is 5.38. The molecule has 3 aromatic rings. The van der Waals surface area contributed by atoms with Crippen LogP contribution in [-0.4, -0.2) is 33.2 Å². The molecule has 0 radical (unpaired) electrons. The van der Waals surface area contributed by atoms with Gasteiger partial charge in [-0.05, 0) is 37.1 Å². The first kappa shape index (κ1) is 20.5. The van der Waals surface area contributed by atoms with Crippen molar-refractivity contribution in [1.29, 1.82) is 5.26 Å². The first-order chi connectivity index (χ1) is 15.1. The zero-order valence-corrected chi connectivity index (χ0v) is 17.5. The summed E-state index contributed by atoms with van der Waals surface area (Å²) in [5.74, 6) is 2.54. The molecular weight excluding hydrogens is 394 g/mol. The quantitative estimate of drug-likeness (QED) is 0.555. The van der Waals surface area contributed by atoms with Crippen LogP contribution in [0.25, 0.3) is 11.1 Å². The normalized spacial score (nSPS) is 17.1. The number of hydrogen-bond donors (Lipinski definition) is 0. The predicted octanol–water partition coefficient (Wildman–Crippen LogP) is 3.11. The van der Waals surface area contributed by atoms with Crippen molar-refractivity contribution in [1.82, 2.24) is 19.5 Å². The first-order valence-corrected chi connectivity index (χ1v) is 10.1. The van der Waals surface area contributed by atoms with Crippen molar-refractivity contribution in [3.8, 4) is 28.8 Å². The third kappa shape index (κ3) is 4.72. The Balaban J connectivity index is 1.47. The van der Waals surface area contributed by atoms with Gasteiger partial charge in [-0.2, -0.15) is 10.2 Å². The molecule has 0 N–H and O–H groups in total. The Morgan fingerprint density at radius 1 is 1.26 bits per heavy atom. The molecule has 0 aliphatic heterocycles. The zero-order valence-electron chi connectivity index (χ0n) is 17.5. The van der Waals surface area contributed by atoms with Crippen LogP contribution in [0.4, 0.5) is 0 Å². The average Bonchev–Trinajstić information content (AvgIpc) is 3.57. The maximum Gasteiger partial charge on any atom is 0.251 e. The lowest BCUT2D eigenvalue weighted by Gasteiger charge is -2.12. The summed E-state index contributed by atoms with van der Waals surface area (Å²) in [4.78, 5) is 25.6. The fraction of sp³-hybridized carbons (Fsp3) is 0.348. The van der Waals surface area contributed by atoms with E-state index in [1.54, 1.807) is 32.6 Å². The zero-order chi connectivity index (χ0) is 21.8. The SMILES string of the molecule is COc1ccc([C@H]2C[C@@H]2COc2nc(C)ncc2-c2ccn(CCC#N)c(=O)c2)nc1. The molecule has 0 unspecified atom stereocenters. The van der Waals surface area contributed by atoms with Crippen LogP contribution in [0.5, 0.6) is 11.6 Å². The van der Waals surface area contributed by atoms with E-state index in [4.69, 9.17) is 14.7 Å². The maximum atomic E-state index is 12.4. The summed E-state index contributed by atoms with van der Waals surface area (Å²) in [5, 5.41) is 8.73. The number of methoxy groups -OCH3 is 1. The average molecular weight is 417 g/mol. The minimum absolute atomic E-state index is 0.174. The Morgan fingerprint density at radius 2 is 2.13 bits per heavy atom. The molecule has 31 heavy (non-hydrogen) atoms. The molecule has 0 bridgehead atoms. The van der Waals surface area contributed by atoms with Gasteiger partial charge in [-0.25, -0.2) is 4.98 Å². The molecule has 1 fully saturated rings. The monoisotopic (exact) mass is 417 g/mol. The molecule has 1 saturated carbocycles. The van der Waals surface area contributed by atoms with Crippen molar-refractivity contribution in [3.63, 3.8) is 0 Å². The molecule has 1 aliphatic carbocycles. The largest absolute Gasteiger partial charge is 0.495 e. The molecular formula is C23H23N5O3. The van der Waals surface area contributed by atoms with Crippen LogP contribution in [0.1, 0.15) is 30.3 Å². The minimum atomic E-state index is -0.174. The molecule has 3 aromatic heterocycles. The van der Waals surface area contributed by atoms with Crippen LogP contribution in [0.3, 0.4) is 0 Å². The lowest BCUT2D eigenvalue weighted by molar-refractivity contribution is 0.285. The number of hydrogen-bond acceptors (Lipinski definition) is 7. The van der Waals surface area contributed by atoms with Gasteiger partial charge in [-0.15, -0.1) is 0 Å². The molecule has 2 atom stereocenters. The van der Waals surface area contributed by atoms with Crippen molar-refractivity contribution in [2.75, 3.05) is 13.7 Å². The van der Waals surface area contributed by atoms with Crippen molar-refractivity contribution in [3.05, 3.63) is 64.7 Å². The standard InChI is InChI=1S/C23H23N5O3/c1-15-25-13-20(16-6-9-28(8-3-7-24)22(29)11-16)23(27-15)31-14-17-10-19(17)21-5-4-18(30-2)12-26-21/h4-6,9,11-13,17,19H,3,8,10,14H2,1-2H3/t17-,19+/m1/s1. The number of nitriles is 1. The Kier molecular flexibility index (Phi) is 5.94. The minimum Gasteiger partial charge on any atom is -0.495 e.